The van der Waals surface area contributed by atoms with Crippen molar-refractivity contribution in [2.75, 3.05) is 32.8 Å². The van der Waals surface area contributed by atoms with E-state index >= 15 is 0 Å². The number of unbranched alkanes of at least 4 members (excludes halogenated alkanes) is 16. The van der Waals surface area contributed by atoms with E-state index in [-0.39, 0.29) is 6.61 Å². The Bertz CT molecular complexity index is 460. The van der Waals surface area contributed by atoms with Gasteiger partial charge in [0.05, 0.1) is 26.1 Å². The van der Waals surface area contributed by atoms with E-state index in [0.29, 0.717) is 0 Å². The number of quaternary nitrogens is 1. The van der Waals surface area contributed by atoms with E-state index in [1.54, 1.807) is 0 Å². The monoisotopic (exact) mass is 435 g/mol. The molecule has 1 rings (SSSR count). The Morgan fingerprint density at radius 3 is 1.74 bits per heavy atom. The molecule has 1 heterocycles. The second-order valence-electron chi connectivity index (χ2n) is 9.70. The van der Waals surface area contributed by atoms with Crippen LogP contribution in [-0.4, -0.2) is 48.2 Å². The Morgan fingerprint density at radius 1 is 0.742 bits per heavy atom. The summed E-state index contributed by atoms with van der Waals surface area (Å²) in [4.78, 5) is 4.72. The molecule has 1 unspecified atom stereocenters. The lowest BCUT2D eigenvalue weighted by atomic mass is 10.0. The van der Waals surface area contributed by atoms with Crippen LogP contribution in [0.4, 0.5) is 0 Å². The second kappa shape index (κ2) is 20.0. The third kappa shape index (κ3) is 13.5. The van der Waals surface area contributed by atoms with Crippen molar-refractivity contribution in [2.24, 2.45) is 4.99 Å². The summed E-state index contributed by atoms with van der Waals surface area (Å²) in [7, 11) is 0. The third-order valence-corrected chi connectivity index (χ3v) is 7.19. The maximum Gasteiger partial charge on any atom is 0.202 e. The van der Waals surface area contributed by atoms with E-state index in [0.717, 1.165) is 37.1 Å². The molecular weight excluding hydrogens is 380 g/mol. The molecule has 182 valence electrons. The van der Waals surface area contributed by atoms with Crippen molar-refractivity contribution < 1.29 is 9.59 Å². The minimum absolute atomic E-state index is 0.260. The molecule has 31 heavy (non-hydrogen) atoms. The van der Waals surface area contributed by atoms with Crippen molar-refractivity contribution in [3.63, 3.8) is 0 Å². The van der Waals surface area contributed by atoms with Gasteiger partial charge in [0.2, 0.25) is 5.84 Å². The number of hydrogen-bond donors (Lipinski definition) is 1. The summed E-state index contributed by atoms with van der Waals surface area (Å²) in [5.41, 5.74) is 0. The van der Waals surface area contributed by atoms with Crippen LogP contribution in [0.25, 0.3) is 0 Å². The lowest BCUT2D eigenvalue weighted by Gasteiger charge is -2.32. The molecule has 1 N–H and O–H groups in total. The lowest BCUT2D eigenvalue weighted by molar-refractivity contribution is -0.834. The molecule has 0 saturated carbocycles. The maximum absolute atomic E-state index is 9.39. The van der Waals surface area contributed by atoms with Crippen LogP contribution >= 0.6 is 0 Å². The third-order valence-electron chi connectivity index (χ3n) is 7.19. The number of hydrogen-bond acceptors (Lipinski definition) is 2. The first kappa shape index (κ1) is 28.4. The minimum atomic E-state index is 0.260. The van der Waals surface area contributed by atoms with Gasteiger partial charge in [0.25, 0.3) is 0 Å². The molecule has 0 aromatic carbocycles. The molecule has 0 aromatic heterocycles. The Balaban J connectivity index is 1.85. The van der Waals surface area contributed by atoms with Gasteiger partial charge in [-0.05, 0) is 19.8 Å². The molecule has 3 heteroatoms. The molecule has 0 radical (unpaired) electrons. The number of allylic oxidation sites excluding steroid dienone is 1. The molecule has 0 amide bonds. The number of rotatable bonds is 22. The summed E-state index contributed by atoms with van der Waals surface area (Å²) >= 11 is 0. The first-order valence-corrected chi connectivity index (χ1v) is 13.9. The Morgan fingerprint density at radius 2 is 1.26 bits per heavy atom. The van der Waals surface area contributed by atoms with Crippen molar-refractivity contribution in [3.05, 3.63) is 12.2 Å². The largest absolute Gasteiger partial charge is 0.390 e. The summed E-state index contributed by atoms with van der Waals surface area (Å²) in [5.74, 6) is 1.28. The zero-order chi connectivity index (χ0) is 22.5. The standard InChI is InChI=1S/C28H55N2O/c1-3-5-6-7-8-9-10-11-12-13-14-15-16-17-18-19-20-21-22-23-28-29-24-25-30(28,4-2)26-27-31/h21-22,31H,3-20,23-27H2,1-2H3/q+1/b22-21+. The predicted octanol–water partition coefficient (Wildman–Crippen LogP) is 7.83. The van der Waals surface area contributed by atoms with Gasteiger partial charge in [0, 0.05) is 0 Å². The molecule has 3 nitrogen and oxygen atoms in total. The zero-order valence-corrected chi connectivity index (χ0v) is 21.3. The van der Waals surface area contributed by atoms with E-state index in [2.05, 4.69) is 26.0 Å². The predicted molar refractivity (Wildman–Crippen MR) is 138 cm³/mol. The van der Waals surface area contributed by atoms with Gasteiger partial charge in [-0.3, -0.25) is 4.48 Å². The van der Waals surface area contributed by atoms with Gasteiger partial charge < -0.3 is 5.11 Å². The summed E-state index contributed by atoms with van der Waals surface area (Å²) in [6.45, 7) is 8.64. The number of aliphatic hydroxyl groups is 1. The van der Waals surface area contributed by atoms with Gasteiger partial charge in [-0.25, -0.2) is 4.99 Å². The quantitative estimate of drug-likeness (QED) is 0.105. The number of aliphatic imine (C=N–C) groups is 1. The smallest absolute Gasteiger partial charge is 0.202 e. The van der Waals surface area contributed by atoms with Crippen LogP contribution in [0.15, 0.2) is 17.1 Å². The van der Waals surface area contributed by atoms with Gasteiger partial charge in [-0.15, -0.1) is 0 Å². The highest BCUT2D eigenvalue weighted by molar-refractivity contribution is 5.78. The first-order chi connectivity index (χ1) is 15.3. The topological polar surface area (TPSA) is 32.6 Å². The highest BCUT2D eigenvalue weighted by atomic mass is 16.3. The SMILES string of the molecule is CCCCCCCCCCCCCCCCCC/C=C/CC1=NCC[N+]1(CC)CCO. The van der Waals surface area contributed by atoms with E-state index in [4.69, 9.17) is 4.99 Å². The number of aliphatic hydroxyl groups excluding tert-OH is 1. The van der Waals surface area contributed by atoms with Gasteiger partial charge >= 0.3 is 0 Å². The van der Waals surface area contributed by atoms with Gasteiger partial charge in [0.1, 0.15) is 13.1 Å². The average Bonchev–Trinajstić information content (AvgIpc) is 3.18. The van der Waals surface area contributed by atoms with Crippen LogP contribution in [0.3, 0.4) is 0 Å². The molecular formula is C28H55N2O+. The molecule has 0 aromatic rings. The molecule has 0 fully saturated rings. The van der Waals surface area contributed by atoms with Crippen molar-refractivity contribution in [1.82, 2.24) is 0 Å². The van der Waals surface area contributed by atoms with E-state index in [9.17, 15) is 5.11 Å². The minimum Gasteiger partial charge on any atom is -0.390 e. The molecule has 0 bridgehead atoms. The van der Waals surface area contributed by atoms with Crippen LogP contribution in [0.2, 0.25) is 0 Å². The molecule has 1 aliphatic heterocycles. The lowest BCUT2D eigenvalue weighted by Crippen LogP contribution is -2.52. The van der Waals surface area contributed by atoms with Crippen molar-refractivity contribution in [2.45, 2.75) is 129 Å². The number of likely N-dealkylation sites (N-methyl/N-ethyl adjacent to an activating group) is 1. The first-order valence-electron chi connectivity index (χ1n) is 13.9. The molecule has 1 aliphatic rings. The average molecular weight is 436 g/mol. The number of nitrogens with zero attached hydrogens (tertiary/aromatic N) is 2. The van der Waals surface area contributed by atoms with Crippen LogP contribution in [0.5, 0.6) is 0 Å². The summed E-state index contributed by atoms with van der Waals surface area (Å²) in [6, 6.07) is 0. The normalized spacial score (nSPS) is 18.9. The molecule has 0 aliphatic carbocycles. The number of amidine groups is 1. The fraction of sp³-hybridized carbons (Fsp3) is 0.893. The Kier molecular flexibility index (Phi) is 18.3. The van der Waals surface area contributed by atoms with Crippen molar-refractivity contribution >= 4 is 5.84 Å². The highest BCUT2D eigenvalue weighted by Gasteiger charge is 2.34. The Labute approximate surface area is 195 Å². The van der Waals surface area contributed by atoms with Crippen LogP contribution in [0, 0.1) is 0 Å². The van der Waals surface area contributed by atoms with Crippen LogP contribution < -0.4 is 0 Å². The van der Waals surface area contributed by atoms with Gasteiger partial charge in [0.15, 0.2) is 0 Å². The maximum atomic E-state index is 9.39. The molecule has 0 saturated heterocycles. The van der Waals surface area contributed by atoms with E-state index < -0.39 is 0 Å². The summed E-state index contributed by atoms with van der Waals surface area (Å²) < 4.78 is 0.903. The van der Waals surface area contributed by atoms with Crippen molar-refractivity contribution in [3.8, 4) is 0 Å². The van der Waals surface area contributed by atoms with E-state index in [1.165, 1.54) is 115 Å². The molecule has 1 atom stereocenters. The van der Waals surface area contributed by atoms with Gasteiger partial charge in [-0.2, -0.15) is 0 Å². The fourth-order valence-corrected chi connectivity index (χ4v) is 4.96. The molecule has 0 spiro atoms. The fourth-order valence-electron chi connectivity index (χ4n) is 4.96. The summed E-state index contributed by atoms with van der Waals surface area (Å²) in [5, 5.41) is 9.39. The summed E-state index contributed by atoms with van der Waals surface area (Å²) in [6.07, 6.45) is 29.7. The Hall–Kier alpha value is -0.670. The zero-order valence-electron chi connectivity index (χ0n) is 21.3. The van der Waals surface area contributed by atoms with Crippen LogP contribution in [0.1, 0.15) is 129 Å². The van der Waals surface area contributed by atoms with Crippen molar-refractivity contribution in [1.29, 1.82) is 0 Å². The van der Waals surface area contributed by atoms with Crippen LogP contribution in [-0.2, 0) is 0 Å². The second-order valence-corrected chi connectivity index (χ2v) is 9.70. The van der Waals surface area contributed by atoms with Gasteiger partial charge in [-0.1, -0.05) is 115 Å². The van der Waals surface area contributed by atoms with E-state index in [1.807, 2.05) is 0 Å². The highest BCUT2D eigenvalue weighted by Crippen LogP contribution is 2.18.